The molecule has 0 aromatic heterocycles. The molecule has 2 nitrogen and oxygen atoms in total. The molecule has 20 heavy (non-hydrogen) atoms. The average molecular weight is 350 g/mol. The molecule has 2 rings (SSSR count). The maximum absolute atomic E-state index is 12.0. The number of halogens is 4. The van der Waals surface area contributed by atoms with Crippen molar-refractivity contribution in [1.29, 1.82) is 0 Å². The molecule has 0 heterocycles. The summed E-state index contributed by atoms with van der Waals surface area (Å²) in [6, 6.07) is 9.38. The van der Waals surface area contributed by atoms with Crippen LogP contribution in [0, 0.1) is 0 Å². The molecule has 0 N–H and O–H groups in total. The predicted molar refractivity (Wildman–Crippen MR) is 82.7 cm³/mol. The zero-order chi connectivity index (χ0) is 14.7. The fourth-order valence-corrected chi connectivity index (χ4v) is 2.57. The summed E-state index contributed by atoms with van der Waals surface area (Å²) in [5, 5.41) is 1.62. The van der Waals surface area contributed by atoms with E-state index in [1.165, 1.54) is 6.07 Å². The van der Waals surface area contributed by atoms with E-state index in [2.05, 4.69) is 0 Å². The van der Waals surface area contributed by atoms with Gasteiger partial charge in [0.05, 0.1) is 5.02 Å². The second kappa shape index (κ2) is 6.68. The number of benzene rings is 2. The Morgan fingerprint density at radius 2 is 1.55 bits per heavy atom. The maximum atomic E-state index is 12.0. The van der Waals surface area contributed by atoms with E-state index in [4.69, 9.17) is 51.1 Å². The van der Waals surface area contributed by atoms with Crippen molar-refractivity contribution in [3.05, 3.63) is 62.1 Å². The van der Waals surface area contributed by atoms with Crippen LogP contribution >= 0.6 is 46.4 Å². The highest BCUT2D eigenvalue weighted by atomic mass is 35.5. The Kier molecular flexibility index (Phi) is 5.17. The second-order valence-electron chi connectivity index (χ2n) is 3.94. The lowest BCUT2D eigenvalue weighted by molar-refractivity contribution is 0.0921. The third kappa shape index (κ3) is 4.03. The van der Waals surface area contributed by atoms with E-state index >= 15 is 0 Å². The molecule has 104 valence electrons. The maximum Gasteiger partial charge on any atom is 0.201 e. The third-order valence-corrected chi connectivity index (χ3v) is 3.42. The van der Waals surface area contributed by atoms with E-state index in [1.807, 2.05) is 0 Å². The Hall–Kier alpha value is -0.930. The summed E-state index contributed by atoms with van der Waals surface area (Å²) in [7, 11) is 0. The molecule has 0 aliphatic carbocycles. The zero-order valence-corrected chi connectivity index (χ0v) is 13.0. The van der Waals surface area contributed by atoms with Gasteiger partial charge >= 0.3 is 0 Å². The molecule has 0 aliphatic rings. The minimum Gasteiger partial charge on any atom is -0.485 e. The van der Waals surface area contributed by atoms with E-state index in [0.29, 0.717) is 26.4 Å². The molecule has 0 atom stereocenters. The van der Waals surface area contributed by atoms with Gasteiger partial charge in [-0.1, -0.05) is 46.4 Å². The molecule has 2 aromatic rings. The van der Waals surface area contributed by atoms with Gasteiger partial charge < -0.3 is 4.74 Å². The highest BCUT2D eigenvalue weighted by molar-refractivity contribution is 6.37. The molecule has 0 saturated heterocycles. The standard InChI is InChI=1S/C14H8Cl4O2/c15-8-1-2-12(13(18)6-8)14(19)7-20-11-4-9(16)3-10(17)5-11/h1-6H,7H2. The van der Waals surface area contributed by atoms with Crippen molar-refractivity contribution in [3.63, 3.8) is 0 Å². The first kappa shape index (κ1) is 15.5. The molecular formula is C14H8Cl4O2. The van der Waals surface area contributed by atoms with Crippen LogP contribution in [0.3, 0.4) is 0 Å². The van der Waals surface area contributed by atoms with Gasteiger partial charge in [0.1, 0.15) is 5.75 Å². The Balaban J connectivity index is 2.08. The molecule has 0 unspecified atom stereocenters. The normalized spacial score (nSPS) is 10.4. The number of ether oxygens (including phenoxy) is 1. The smallest absolute Gasteiger partial charge is 0.201 e. The number of carbonyl (C=O) groups excluding carboxylic acids is 1. The van der Waals surface area contributed by atoms with E-state index < -0.39 is 0 Å². The number of hydrogen-bond donors (Lipinski definition) is 0. The summed E-state index contributed by atoms with van der Waals surface area (Å²) in [5.74, 6) is 0.156. The van der Waals surface area contributed by atoms with Crippen LogP contribution < -0.4 is 4.74 Å². The Morgan fingerprint density at radius 3 is 2.15 bits per heavy atom. The Bertz CT molecular complexity index is 635. The molecular weight excluding hydrogens is 342 g/mol. The van der Waals surface area contributed by atoms with Crippen LogP contribution in [-0.2, 0) is 0 Å². The lowest BCUT2D eigenvalue weighted by Crippen LogP contribution is -2.12. The van der Waals surface area contributed by atoms with Crippen LogP contribution in [-0.4, -0.2) is 12.4 Å². The van der Waals surface area contributed by atoms with E-state index in [-0.39, 0.29) is 17.4 Å². The van der Waals surface area contributed by atoms with Crippen molar-refractivity contribution in [3.8, 4) is 5.75 Å². The van der Waals surface area contributed by atoms with Crippen molar-refractivity contribution < 1.29 is 9.53 Å². The Labute approximate surface area is 136 Å². The topological polar surface area (TPSA) is 26.3 Å². The van der Waals surface area contributed by atoms with Crippen molar-refractivity contribution in [2.24, 2.45) is 0 Å². The van der Waals surface area contributed by atoms with Gasteiger partial charge in [-0.25, -0.2) is 0 Å². The first-order chi connectivity index (χ1) is 9.45. The first-order valence-electron chi connectivity index (χ1n) is 5.53. The van der Waals surface area contributed by atoms with Crippen molar-refractivity contribution in [2.75, 3.05) is 6.61 Å². The van der Waals surface area contributed by atoms with Crippen molar-refractivity contribution in [2.45, 2.75) is 0 Å². The lowest BCUT2D eigenvalue weighted by Gasteiger charge is -2.08. The minimum atomic E-state index is -0.261. The van der Waals surface area contributed by atoms with E-state index in [1.54, 1.807) is 30.3 Å². The highest BCUT2D eigenvalue weighted by Gasteiger charge is 2.12. The number of rotatable bonds is 4. The summed E-state index contributed by atoms with van der Waals surface area (Å²) in [4.78, 5) is 12.0. The summed E-state index contributed by atoms with van der Waals surface area (Å²) in [6.07, 6.45) is 0. The molecule has 0 amide bonds. The van der Waals surface area contributed by atoms with Crippen LogP contribution in [0.15, 0.2) is 36.4 Å². The minimum absolute atomic E-state index is 0.169. The quantitative estimate of drug-likeness (QED) is 0.675. The highest BCUT2D eigenvalue weighted by Crippen LogP contribution is 2.25. The van der Waals surface area contributed by atoms with Gasteiger partial charge in [-0.2, -0.15) is 0 Å². The summed E-state index contributed by atoms with van der Waals surface area (Å²) in [6.45, 7) is -0.169. The fraction of sp³-hybridized carbons (Fsp3) is 0.0714. The number of hydrogen-bond acceptors (Lipinski definition) is 2. The van der Waals surface area contributed by atoms with Gasteiger partial charge in [-0.3, -0.25) is 4.79 Å². The zero-order valence-electron chi connectivity index (χ0n) is 10.00. The SMILES string of the molecule is O=C(COc1cc(Cl)cc(Cl)c1)c1ccc(Cl)cc1Cl. The lowest BCUT2D eigenvalue weighted by atomic mass is 10.1. The monoisotopic (exact) mass is 348 g/mol. The largest absolute Gasteiger partial charge is 0.485 e. The van der Waals surface area contributed by atoms with Crippen molar-refractivity contribution in [1.82, 2.24) is 0 Å². The molecule has 0 aliphatic heterocycles. The van der Waals surface area contributed by atoms with Crippen LogP contribution in [0.4, 0.5) is 0 Å². The molecule has 0 saturated carbocycles. The second-order valence-corrected chi connectivity index (χ2v) is 5.66. The van der Waals surface area contributed by atoms with Crippen LogP contribution in [0.1, 0.15) is 10.4 Å². The van der Waals surface area contributed by atoms with E-state index in [9.17, 15) is 4.79 Å². The van der Waals surface area contributed by atoms with Crippen molar-refractivity contribution >= 4 is 52.2 Å². The predicted octanol–water partition coefficient (Wildman–Crippen LogP) is 5.56. The molecule has 0 fully saturated rings. The van der Waals surface area contributed by atoms with Crippen LogP contribution in [0.25, 0.3) is 0 Å². The number of ketones is 1. The average Bonchev–Trinajstić information content (AvgIpc) is 2.35. The van der Waals surface area contributed by atoms with E-state index in [0.717, 1.165) is 0 Å². The first-order valence-corrected chi connectivity index (χ1v) is 7.04. The van der Waals surface area contributed by atoms with Gasteiger partial charge in [-0.15, -0.1) is 0 Å². The van der Waals surface area contributed by atoms with Gasteiger partial charge in [0.2, 0.25) is 5.78 Å². The summed E-state index contributed by atoms with van der Waals surface area (Å²) in [5.41, 5.74) is 0.351. The third-order valence-electron chi connectivity index (χ3n) is 2.44. The molecule has 0 bridgehead atoms. The summed E-state index contributed by atoms with van der Waals surface area (Å²) >= 11 is 23.4. The number of Topliss-reactive ketones (excluding diaryl/α,β-unsaturated/α-hetero) is 1. The van der Waals surface area contributed by atoms with Gasteiger partial charge in [0, 0.05) is 20.6 Å². The fourth-order valence-electron chi connectivity index (χ4n) is 1.55. The van der Waals surface area contributed by atoms with Gasteiger partial charge in [0.15, 0.2) is 6.61 Å². The van der Waals surface area contributed by atoms with Crippen LogP contribution in [0.2, 0.25) is 20.1 Å². The molecule has 2 aromatic carbocycles. The van der Waals surface area contributed by atoms with Crippen LogP contribution in [0.5, 0.6) is 5.75 Å². The number of carbonyl (C=O) groups is 1. The summed E-state index contributed by atoms with van der Waals surface area (Å²) < 4.78 is 5.36. The van der Waals surface area contributed by atoms with Gasteiger partial charge in [-0.05, 0) is 36.4 Å². The molecule has 6 heteroatoms. The molecule has 0 radical (unpaired) electrons. The molecule has 0 spiro atoms. The van der Waals surface area contributed by atoms with Gasteiger partial charge in [0.25, 0.3) is 0 Å². The Morgan fingerprint density at radius 1 is 0.900 bits per heavy atom.